The lowest BCUT2D eigenvalue weighted by molar-refractivity contribution is -0.122. The van der Waals surface area contributed by atoms with Gasteiger partial charge in [-0.05, 0) is 30.5 Å². The minimum absolute atomic E-state index is 0.0544. The van der Waals surface area contributed by atoms with Gasteiger partial charge in [0.1, 0.15) is 5.82 Å². The first-order chi connectivity index (χ1) is 12.6. The number of carbonyl (C=O) groups excluding carboxylic acids is 1. The number of hydrogen-bond acceptors (Lipinski definition) is 5. The first kappa shape index (κ1) is 18.4. The summed E-state index contributed by atoms with van der Waals surface area (Å²) in [6.07, 6.45) is 5.81. The fourth-order valence-corrected chi connectivity index (χ4v) is 3.23. The van der Waals surface area contributed by atoms with Gasteiger partial charge in [-0.3, -0.25) is 19.7 Å². The number of nitrogens with one attached hydrogen (secondary N) is 1. The molecule has 1 amide bonds. The van der Waals surface area contributed by atoms with Crippen molar-refractivity contribution in [3.63, 3.8) is 0 Å². The summed E-state index contributed by atoms with van der Waals surface area (Å²) in [6, 6.07) is 6.27. The Labute approximate surface area is 152 Å². The summed E-state index contributed by atoms with van der Waals surface area (Å²) >= 11 is 0. The Bertz CT molecular complexity index is 711. The highest BCUT2D eigenvalue weighted by molar-refractivity contribution is 5.78. The number of nitrogens with zero attached hydrogens (tertiary/aromatic N) is 3. The zero-order valence-electron chi connectivity index (χ0n) is 14.5. The van der Waals surface area contributed by atoms with Crippen molar-refractivity contribution in [2.45, 2.75) is 18.9 Å². The number of aromatic nitrogens is 2. The van der Waals surface area contributed by atoms with Crippen LogP contribution in [-0.2, 0) is 17.6 Å². The van der Waals surface area contributed by atoms with Gasteiger partial charge in [0.05, 0.1) is 18.3 Å². The van der Waals surface area contributed by atoms with Crippen molar-refractivity contribution in [3.05, 3.63) is 59.9 Å². The van der Waals surface area contributed by atoms with Crippen LogP contribution in [0.2, 0.25) is 0 Å². The summed E-state index contributed by atoms with van der Waals surface area (Å²) in [5.74, 6) is -0.278. The topological polar surface area (TPSA) is 78.4 Å². The van der Waals surface area contributed by atoms with Crippen LogP contribution in [0.5, 0.6) is 0 Å². The number of hydrogen-bond donors (Lipinski definition) is 2. The monoisotopic (exact) mass is 358 g/mol. The van der Waals surface area contributed by atoms with Crippen molar-refractivity contribution in [1.29, 1.82) is 0 Å². The van der Waals surface area contributed by atoms with E-state index < -0.39 is 6.10 Å². The molecule has 6 nitrogen and oxygen atoms in total. The van der Waals surface area contributed by atoms with Gasteiger partial charge in [0.25, 0.3) is 0 Å². The number of aliphatic hydroxyl groups is 1. The predicted molar refractivity (Wildman–Crippen MR) is 94.8 cm³/mol. The van der Waals surface area contributed by atoms with E-state index in [1.54, 1.807) is 30.7 Å². The Kier molecular flexibility index (Phi) is 6.25. The van der Waals surface area contributed by atoms with Crippen LogP contribution in [0.1, 0.15) is 11.3 Å². The van der Waals surface area contributed by atoms with Crippen molar-refractivity contribution in [2.75, 3.05) is 26.2 Å². The average Bonchev–Trinajstić information content (AvgIpc) is 2.96. The molecule has 0 radical (unpaired) electrons. The fraction of sp³-hybridized carbons (Fsp3) is 0.421. The van der Waals surface area contributed by atoms with Gasteiger partial charge in [-0.15, -0.1) is 0 Å². The molecular formula is C19H23FN4O2. The lowest BCUT2D eigenvalue weighted by atomic mass is 10.0. The zero-order chi connectivity index (χ0) is 18.4. The molecule has 0 aliphatic carbocycles. The van der Waals surface area contributed by atoms with Crippen LogP contribution in [0.15, 0.2) is 42.9 Å². The maximum absolute atomic E-state index is 12.9. The molecule has 1 aromatic carbocycles. The van der Waals surface area contributed by atoms with E-state index in [0.717, 1.165) is 11.3 Å². The van der Waals surface area contributed by atoms with Crippen LogP contribution in [0.25, 0.3) is 0 Å². The molecule has 1 aromatic heterocycles. The van der Waals surface area contributed by atoms with Crippen LogP contribution in [-0.4, -0.2) is 58.2 Å². The molecule has 1 fully saturated rings. The van der Waals surface area contributed by atoms with E-state index in [4.69, 9.17) is 0 Å². The lowest BCUT2D eigenvalue weighted by Crippen LogP contribution is -2.37. The summed E-state index contributed by atoms with van der Waals surface area (Å²) in [7, 11) is 0. The molecule has 0 saturated carbocycles. The molecule has 1 aliphatic rings. The standard InChI is InChI=1S/C19H23FN4O2/c20-16-3-1-14(2-4-16)5-6-23-19(26)13-24-11-15(18(25)12-24)9-17-10-21-7-8-22-17/h1-4,7-8,10,15,18,25H,5-6,9,11-13H2,(H,23,26)/t15-,18-/m1/s1. The first-order valence-electron chi connectivity index (χ1n) is 8.76. The van der Waals surface area contributed by atoms with Crippen molar-refractivity contribution in [3.8, 4) is 0 Å². The van der Waals surface area contributed by atoms with Gasteiger partial charge in [0.15, 0.2) is 0 Å². The third-order valence-electron chi connectivity index (χ3n) is 4.59. The van der Waals surface area contributed by atoms with Gasteiger partial charge in [-0.1, -0.05) is 12.1 Å². The predicted octanol–water partition coefficient (Wildman–Crippen LogP) is 0.810. The van der Waals surface area contributed by atoms with Gasteiger partial charge in [-0.25, -0.2) is 4.39 Å². The summed E-state index contributed by atoms with van der Waals surface area (Å²) in [6.45, 7) is 1.90. The Balaban J connectivity index is 1.39. The minimum Gasteiger partial charge on any atom is -0.391 e. The number of likely N-dealkylation sites (tertiary alicyclic amines) is 1. The number of carbonyl (C=O) groups is 1. The van der Waals surface area contributed by atoms with Crippen LogP contribution in [0.3, 0.4) is 0 Å². The molecule has 7 heteroatoms. The molecule has 0 bridgehead atoms. The minimum atomic E-state index is -0.468. The molecule has 0 spiro atoms. The molecule has 2 aromatic rings. The van der Waals surface area contributed by atoms with Gasteiger partial charge < -0.3 is 10.4 Å². The summed E-state index contributed by atoms with van der Waals surface area (Å²) in [5.41, 5.74) is 1.83. The molecule has 2 heterocycles. The number of amides is 1. The number of aliphatic hydroxyl groups excluding tert-OH is 1. The highest BCUT2D eigenvalue weighted by Crippen LogP contribution is 2.20. The summed E-state index contributed by atoms with van der Waals surface area (Å²) in [5, 5.41) is 13.1. The second kappa shape index (κ2) is 8.82. The van der Waals surface area contributed by atoms with E-state index >= 15 is 0 Å². The molecule has 1 saturated heterocycles. The van der Waals surface area contributed by atoms with Crippen molar-refractivity contribution in [1.82, 2.24) is 20.2 Å². The van der Waals surface area contributed by atoms with E-state index in [-0.39, 0.29) is 24.2 Å². The van der Waals surface area contributed by atoms with E-state index in [9.17, 15) is 14.3 Å². The normalized spacial score (nSPS) is 20.2. The smallest absolute Gasteiger partial charge is 0.234 e. The molecule has 138 valence electrons. The Morgan fingerprint density at radius 2 is 2.08 bits per heavy atom. The van der Waals surface area contributed by atoms with Crippen LogP contribution < -0.4 is 5.32 Å². The summed E-state index contributed by atoms with van der Waals surface area (Å²) in [4.78, 5) is 22.3. The van der Waals surface area contributed by atoms with E-state index in [1.165, 1.54) is 12.1 Å². The Morgan fingerprint density at radius 1 is 1.27 bits per heavy atom. The lowest BCUT2D eigenvalue weighted by Gasteiger charge is -2.15. The van der Waals surface area contributed by atoms with Crippen molar-refractivity contribution < 1.29 is 14.3 Å². The van der Waals surface area contributed by atoms with Gasteiger partial charge in [0.2, 0.25) is 5.91 Å². The van der Waals surface area contributed by atoms with Crippen LogP contribution >= 0.6 is 0 Å². The van der Waals surface area contributed by atoms with Crippen molar-refractivity contribution in [2.24, 2.45) is 5.92 Å². The van der Waals surface area contributed by atoms with Crippen molar-refractivity contribution >= 4 is 5.91 Å². The highest BCUT2D eigenvalue weighted by atomic mass is 19.1. The highest BCUT2D eigenvalue weighted by Gasteiger charge is 2.32. The Hall–Kier alpha value is -2.38. The maximum Gasteiger partial charge on any atom is 0.234 e. The maximum atomic E-state index is 12.9. The second-order valence-corrected chi connectivity index (χ2v) is 6.65. The molecular weight excluding hydrogens is 335 g/mol. The third-order valence-corrected chi connectivity index (χ3v) is 4.59. The molecule has 2 N–H and O–H groups in total. The number of β-amino-alcohol motifs (C(OH)–C–C–N with tert-alkyl or cyclic N) is 1. The average molecular weight is 358 g/mol. The third kappa shape index (κ3) is 5.31. The molecule has 1 aliphatic heterocycles. The zero-order valence-corrected chi connectivity index (χ0v) is 14.5. The fourth-order valence-electron chi connectivity index (χ4n) is 3.23. The molecule has 26 heavy (non-hydrogen) atoms. The van der Waals surface area contributed by atoms with E-state index in [0.29, 0.717) is 32.5 Å². The van der Waals surface area contributed by atoms with Crippen LogP contribution in [0, 0.1) is 11.7 Å². The molecule has 3 rings (SSSR count). The first-order valence-corrected chi connectivity index (χ1v) is 8.76. The number of halogens is 1. The van der Waals surface area contributed by atoms with E-state index in [2.05, 4.69) is 15.3 Å². The number of rotatable bonds is 7. The Morgan fingerprint density at radius 3 is 2.81 bits per heavy atom. The number of benzene rings is 1. The van der Waals surface area contributed by atoms with E-state index in [1.807, 2.05) is 4.90 Å². The van der Waals surface area contributed by atoms with Gasteiger partial charge in [-0.2, -0.15) is 0 Å². The van der Waals surface area contributed by atoms with Crippen LogP contribution in [0.4, 0.5) is 4.39 Å². The van der Waals surface area contributed by atoms with Gasteiger partial charge in [0, 0.05) is 44.1 Å². The SMILES string of the molecule is O=C(CN1C[C@@H](Cc2cnccn2)[C@H](O)C1)NCCc1ccc(F)cc1. The second-order valence-electron chi connectivity index (χ2n) is 6.65. The quantitative estimate of drug-likeness (QED) is 0.766. The molecule has 2 atom stereocenters. The molecule has 0 unspecified atom stereocenters. The largest absolute Gasteiger partial charge is 0.391 e. The summed E-state index contributed by atoms with van der Waals surface area (Å²) < 4.78 is 12.9. The van der Waals surface area contributed by atoms with Gasteiger partial charge >= 0.3 is 0 Å².